The maximum Gasteiger partial charge on any atom is 0.150 e. The average molecular weight is 292 g/mol. The Kier molecular flexibility index (Phi) is 3.04. The van der Waals surface area contributed by atoms with E-state index in [4.69, 9.17) is 0 Å². The molecule has 3 heteroatoms. The summed E-state index contributed by atoms with van der Waals surface area (Å²) in [6.45, 7) is 6.28. The molecular weight excluding hydrogens is 278 g/mol. The Labute approximate surface area is 109 Å². The van der Waals surface area contributed by atoms with Crippen molar-refractivity contribution in [2.45, 2.75) is 26.2 Å². The molecule has 0 spiro atoms. The van der Waals surface area contributed by atoms with Crippen LogP contribution in [0, 0.1) is 0 Å². The number of pyridine rings is 1. The third kappa shape index (κ3) is 2.39. The third-order valence-electron chi connectivity index (χ3n) is 2.70. The first-order valence-electron chi connectivity index (χ1n) is 5.48. The number of carbonyl (C=O) groups is 1. The standard InChI is InChI=1S/C14H14BrNO/c1-14(2,3)13-6-9(8-17)11-7-10(15)4-5-12(11)16-13/h4-8H,1-3H3. The summed E-state index contributed by atoms with van der Waals surface area (Å²) in [5.74, 6) is 0. The van der Waals surface area contributed by atoms with Crippen LogP contribution in [0.5, 0.6) is 0 Å². The predicted molar refractivity (Wildman–Crippen MR) is 73.5 cm³/mol. The van der Waals surface area contributed by atoms with Crippen LogP contribution in [0.1, 0.15) is 36.8 Å². The Morgan fingerprint density at radius 3 is 2.53 bits per heavy atom. The summed E-state index contributed by atoms with van der Waals surface area (Å²) in [7, 11) is 0. The monoisotopic (exact) mass is 291 g/mol. The fourth-order valence-corrected chi connectivity index (χ4v) is 2.07. The molecule has 0 atom stereocenters. The number of rotatable bonds is 1. The summed E-state index contributed by atoms with van der Waals surface area (Å²) >= 11 is 3.41. The largest absolute Gasteiger partial charge is 0.298 e. The van der Waals surface area contributed by atoms with Crippen LogP contribution in [-0.2, 0) is 5.41 Å². The topological polar surface area (TPSA) is 30.0 Å². The van der Waals surface area contributed by atoms with Crippen molar-refractivity contribution >= 4 is 33.1 Å². The van der Waals surface area contributed by atoms with Crippen molar-refractivity contribution in [3.05, 3.63) is 40.0 Å². The lowest BCUT2D eigenvalue weighted by Crippen LogP contribution is -2.14. The van der Waals surface area contributed by atoms with E-state index in [1.54, 1.807) is 0 Å². The second-order valence-corrected chi connectivity index (χ2v) is 6.04. The molecule has 1 aromatic carbocycles. The Morgan fingerprint density at radius 1 is 1.24 bits per heavy atom. The lowest BCUT2D eigenvalue weighted by Gasteiger charge is -2.19. The fraction of sp³-hybridized carbons (Fsp3) is 0.286. The second kappa shape index (κ2) is 4.22. The number of benzene rings is 1. The van der Waals surface area contributed by atoms with Gasteiger partial charge in [0, 0.05) is 26.5 Å². The van der Waals surface area contributed by atoms with Crippen LogP contribution < -0.4 is 0 Å². The second-order valence-electron chi connectivity index (χ2n) is 5.13. The smallest absolute Gasteiger partial charge is 0.150 e. The quantitative estimate of drug-likeness (QED) is 0.740. The molecule has 0 saturated carbocycles. The molecule has 2 nitrogen and oxygen atoms in total. The molecule has 0 amide bonds. The molecule has 2 rings (SSSR count). The minimum atomic E-state index is -0.0565. The summed E-state index contributed by atoms with van der Waals surface area (Å²) < 4.78 is 0.957. The van der Waals surface area contributed by atoms with Crippen molar-refractivity contribution in [3.8, 4) is 0 Å². The maximum atomic E-state index is 11.2. The summed E-state index contributed by atoms with van der Waals surface area (Å²) in [6, 6.07) is 7.68. The van der Waals surface area contributed by atoms with Gasteiger partial charge in [-0.15, -0.1) is 0 Å². The SMILES string of the molecule is CC(C)(C)c1cc(C=O)c2cc(Br)ccc2n1. The number of fused-ring (bicyclic) bond motifs is 1. The highest BCUT2D eigenvalue weighted by molar-refractivity contribution is 9.10. The van der Waals surface area contributed by atoms with Crippen LogP contribution in [0.2, 0.25) is 0 Å². The van der Waals surface area contributed by atoms with E-state index in [1.807, 2.05) is 24.3 Å². The average Bonchev–Trinajstić information content (AvgIpc) is 2.26. The van der Waals surface area contributed by atoms with E-state index in [0.29, 0.717) is 5.56 Å². The van der Waals surface area contributed by atoms with Gasteiger partial charge in [-0.2, -0.15) is 0 Å². The zero-order valence-corrected chi connectivity index (χ0v) is 11.7. The van der Waals surface area contributed by atoms with E-state index in [0.717, 1.165) is 27.4 Å². The molecule has 0 unspecified atom stereocenters. The highest BCUT2D eigenvalue weighted by Gasteiger charge is 2.17. The number of aromatic nitrogens is 1. The first-order chi connectivity index (χ1) is 7.91. The molecular formula is C14H14BrNO. The summed E-state index contributed by atoms with van der Waals surface area (Å²) in [5, 5.41) is 0.891. The van der Waals surface area contributed by atoms with Crippen molar-refractivity contribution in [2.75, 3.05) is 0 Å². The molecule has 1 heterocycles. The molecule has 0 aliphatic heterocycles. The molecule has 0 bridgehead atoms. The van der Waals surface area contributed by atoms with Gasteiger partial charge in [0.05, 0.1) is 5.52 Å². The Bertz CT molecular complexity index is 585. The third-order valence-corrected chi connectivity index (χ3v) is 3.19. The molecule has 2 aromatic rings. The fourth-order valence-electron chi connectivity index (χ4n) is 1.71. The van der Waals surface area contributed by atoms with Crippen LogP contribution >= 0.6 is 15.9 Å². The Hall–Kier alpha value is -1.22. The Morgan fingerprint density at radius 2 is 1.94 bits per heavy atom. The number of aldehydes is 1. The Balaban J connectivity index is 2.79. The highest BCUT2D eigenvalue weighted by atomic mass is 79.9. The number of carbonyl (C=O) groups excluding carboxylic acids is 1. The van der Waals surface area contributed by atoms with Gasteiger partial charge in [0.15, 0.2) is 6.29 Å². The maximum absolute atomic E-state index is 11.2. The first kappa shape index (κ1) is 12.2. The molecule has 1 aromatic heterocycles. The van der Waals surface area contributed by atoms with E-state index in [2.05, 4.69) is 41.7 Å². The van der Waals surface area contributed by atoms with Gasteiger partial charge >= 0.3 is 0 Å². The van der Waals surface area contributed by atoms with Gasteiger partial charge in [0.2, 0.25) is 0 Å². The molecule has 0 aliphatic carbocycles. The zero-order chi connectivity index (χ0) is 12.6. The molecule has 88 valence electrons. The minimum Gasteiger partial charge on any atom is -0.298 e. The van der Waals surface area contributed by atoms with Crippen molar-refractivity contribution in [2.24, 2.45) is 0 Å². The number of hydrogen-bond acceptors (Lipinski definition) is 2. The molecule has 0 fully saturated rings. The lowest BCUT2D eigenvalue weighted by atomic mass is 9.90. The molecule has 0 saturated heterocycles. The summed E-state index contributed by atoms with van der Waals surface area (Å²) in [4.78, 5) is 15.8. The molecule has 0 N–H and O–H groups in total. The van der Waals surface area contributed by atoms with E-state index < -0.39 is 0 Å². The normalized spacial score (nSPS) is 11.8. The van der Waals surface area contributed by atoms with Gasteiger partial charge in [-0.3, -0.25) is 9.78 Å². The van der Waals surface area contributed by atoms with E-state index in [1.165, 1.54) is 0 Å². The first-order valence-corrected chi connectivity index (χ1v) is 6.27. The van der Waals surface area contributed by atoms with Gasteiger partial charge in [0.1, 0.15) is 0 Å². The van der Waals surface area contributed by atoms with Gasteiger partial charge in [0.25, 0.3) is 0 Å². The summed E-state index contributed by atoms with van der Waals surface area (Å²) in [5.41, 5.74) is 2.44. The number of nitrogens with zero attached hydrogens (tertiary/aromatic N) is 1. The van der Waals surface area contributed by atoms with E-state index >= 15 is 0 Å². The number of halogens is 1. The van der Waals surface area contributed by atoms with Gasteiger partial charge in [-0.1, -0.05) is 36.7 Å². The minimum absolute atomic E-state index is 0.0565. The van der Waals surface area contributed by atoms with Gasteiger partial charge < -0.3 is 0 Å². The van der Waals surface area contributed by atoms with Crippen LogP contribution in [0.3, 0.4) is 0 Å². The van der Waals surface area contributed by atoms with Crippen LogP contribution in [0.15, 0.2) is 28.7 Å². The van der Waals surface area contributed by atoms with Crippen molar-refractivity contribution < 1.29 is 4.79 Å². The van der Waals surface area contributed by atoms with E-state index in [9.17, 15) is 4.79 Å². The van der Waals surface area contributed by atoms with Crippen molar-refractivity contribution in [1.29, 1.82) is 0 Å². The van der Waals surface area contributed by atoms with Crippen molar-refractivity contribution in [1.82, 2.24) is 4.98 Å². The molecule has 0 radical (unpaired) electrons. The molecule has 0 aliphatic rings. The van der Waals surface area contributed by atoms with Crippen LogP contribution in [0.4, 0.5) is 0 Å². The predicted octanol–water partition coefficient (Wildman–Crippen LogP) is 4.11. The summed E-state index contributed by atoms with van der Waals surface area (Å²) in [6.07, 6.45) is 0.895. The zero-order valence-electron chi connectivity index (χ0n) is 10.1. The van der Waals surface area contributed by atoms with Crippen LogP contribution in [0.25, 0.3) is 10.9 Å². The number of hydrogen-bond donors (Lipinski definition) is 0. The van der Waals surface area contributed by atoms with E-state index in [-0.39, 0.29) is 5.41 Å². The van der Waals surface area contributed by atoms with Crippen molar-refractivity contribution in [3.63, 3.8) is 0 Å². The molecule has 17 heavy (non-hydrogen) atoms. The lowest BCUT2D eigenvalue weighted by molar-refractivity contribution is 0.112. The van der Waals surface area contributed by atoms with Gasteiger partial charge in [-0.25, -0.2) is 0 Å². The van der Waals surface area contributed by atoms with Gasteiger partial charge in [-0.05, 0) is 24.3 Å². The van der Waals surface area contributed by atoms with Crippen LogP contribution in [-0.4, -0.2) is 11.3 Å². The highest BCUT2D eigenvalue weighted by Crippen LogP contribution is 2.27.